The summed E-state index contributed by atoms with van der Waals surface area (Å²) in [4.78, 5) is 0. The fraction of sp³-hybridized carbons (Fsp3) is 0.647. The molecule has 0 aromatic heterocycles. The van der Waals surface area contributed by atoms with Gasteiger partial charge in [0.1, 0.15) is 5.75 Å². The Kier molecular flexibility index (Phi) is 3.91. The molecule has 1 aromatic carbocycles. The average Bonchev–Trinajstić information content (AvgIpc) is 2.35. The highest BCUT2D eigenvalue weighted by molar-refractivity contribution is 5.38. The zero-order valence-electron chi connectivity index (χ0n) is 12.6. The van der Waals surface area contributed by atoms with E-state index in [9.17, 15) is 5.11 Å². The molecular weight excluding hydrogens is 236 g/mol. The van der Waals surface area contributed by atoms with E-state index in [1.54, 1.807) is 7.11 Å². The second kappa shape index (κ2) is 5.16. The normalized spacial score (nSPS) is 23.0. The summed E-state index contributed by atoms with van der Waals surface area (Å²) < 4.78 is 5.28. The maximum absolute atomic E-state index is 10.8. The summed E-state index contributed by atoms with van der Waals surface area (Å²) >= 11 is 0. The molecule has 2 nitrogen and oxygen atoms in total. The lowest BCUT2D eigenvalue weighted by atomic mass is 9.75. The van der Waals surface area contributed by atoms with Gasteiger partial charge in [-0.25, -0.2) is 0 Å². The third-order valence-electron chi connectivity index (χ3n) is 4.13. The molecule has 1 aliphatic carbocycles. The first-order chi connectivity index (χ1) is 8.81. The topological polar surface area (TPSA) is 29.5 Å². The summed E-state index contributed by atoms with van der Waals surface area (Å²) in [6.45, 7) is 6.70. The molecule has 1 aromatic rings. The van der Waals surface area contributed by atoms with Gasteiger partial charge >= 0.3 is 0 Å². The average molecular weight is 262 g/mol. The molecule has 0 spiro atoms. The maximum Gasteiger partial charge on any atom is 0.119 e. The molecule has 0 heterocycles. The van der Waals surface area contributed by atoms with Gasteiger partial charge in [-0.1, -0.05) is 26.8 Å². The van der Waals surface area contributed by atoms with E-state index >= 15 is 0 Å². The standard InChI is InChI=1S/C17H26O2/c1-16(2,3)9-10-17(18)8-7-13-5-6-15(19-4)11-14(13)12-17/h5-6,11,18H,7-10,12H2,1-4H3. The van der Waals surface area contributed by atoms with Crippen molar-refractivity contribution in [2.75, 3.05) is 7.11 Å². The van der Waals surface area contributed by atoms with Crippen LogP contribution in [0.25, 0.3) is 0 Å². The zero-order chi connectivity index (χ0) is 14.1. The summed E-state index contributed by atoms with van der Waals surface area (Å²) in [5.74, 6) is 0.888. The van der Waals surface area contributed by atoms with Crippen molar-refractivity contribution in [3.63, 3.8) is 0 Å². The van der Waals surface area contributed by atoms with Crippen molar-refractivity contribution in [3.8, 4) is 5.75 Å². The Bertz CT molecular complexity index is 445. The third-order valence-corrected chi connectivity index (χ3v) is 4.13. The Morgan fingerprint density at radius 1 is 1.26 bits per heavy atom. The minimum Gasteiger partial charge on any atom is -0.497 e. The summed E-state index contributed by atoms with van der Waals surface area (Å²) in [6, 6.07) is 6.23. The monoisotopic (exact) mass is 262 g/mol. The SMILES string of the molecule is COc1ccc2c(c1)CC(O)(CCC(C)(C)C)CC2. The van der Waals surface area contributed by atoms with E-state index in [0.29, 0.717) is 0 Å². The quantitative estimate of drug-likeness (QED) is 0.899. The smallest absolute Gasteiger partial charge is 0.119 e. The van der Waals surface area contributed by atoms with Crippen LogP contribution < -0.4 is 4.74 Å². The number of hydrogen-bond donors (Lipinski definition) is 1. The van der Waals surface area contributed by atoms with Crippen molar-refractivity contribution in [1.82, 2.24) is 0 Å². The molecule has 0 bridgehead atoms. The maximum atomic E-state index is 10.8. The number of aliphatic hydroxyl groups is 1. The van der Waals surface area contributed by atoms with Crippen molar-refractivity contribution >= 4 is 0 Å². The highest BCUT2D eigenvalue weighted by Crippen LogP contribution is 2.36. The lowest BCUT2D eigenvalue weighted by Gasteiger charge is -2.35. The first kappa shape index (κ1) is 14.4. The molecule has 0 fully saturated rings. The summed E-state index contributed by atoms with van der Waals surface area (Å²) in [5, 5.41) is 10.8. The van der Waals surface area contributed by atoms with Crippen molar-refractivity contribution < 1.29 is 9.84 Å². The lowest BCUT2D eigenvalue weighted by Crippen LogP contribution is -2.36. The van der Waals surface area contributed by atoms with Crippen LogP contribution >= 0.6 is 0 Å². The highest BCUT2D eigenvalue weighted by Gasteiger charge is 2.33. The Labute approximate surface area is 116 Å². The van der Waals surface area contributed by atoms with E-state index in [1.165, 1.54) is 11.1 Å². The molecule has 0 saturated heterocycles. The van der Waals surface area contributed by atoms with Crippen molar-refractivity contribution in [2.45, 2.75) is 58.5 Å². The van der Waals surface area contributed by atoms with Gasteiger partial charge in [-0.3, -0.25) is 0 Å². The second-order valence-electron chi connectivity index (χ2n) is 7.10. The van der Waals surface area contributed by atoms with E-state index < -0.39 is 5.60 Å². The number of hydrogen-bond acceptors (Lipinski definition) is 2. The van der Waals surface area contributed by atoms with Crippen LogP contribution in [0.2, 0.25) is 0 Å². The van der Waals surface area contributed by atoms with Crippen LogP contribution in [0, 0.1) is 5.41 Å². The molecule has 1 unspecified atom stereocenters. The summed E-state index contributed by atoms with van der Waals surface area (Å²) in [7, 11) is 1.69. The predicted molar refractivity (Wildman–Crippen MR) is 78.7 cm³/mol. The lowest BCUT2D eigenvalue weighted by molar-refractivity contribution is 0.00806. The first-order valence-electron chi connectivity index (χ1n) is 7.20. The van der Waals surface area contributed by atoms with Crippen LogP contribution in [0.15, 0.2) is 18.2 Å². The van der Waals surface area contributed by atoms with Gasteiger partial charge in [0.05, 0.1) is 12.7 Å². The molecule has 2 rings (SSSR count). The molecule has 0 amide bonds. The highest BCUT2D eigenvalue weighted by atomic mass is 16.5. The molecule has 106 valence electrons. The third kappa shape index (κ3) is 3.73. The second-order valence-corrected chi connectivity index (χ2v) is 7.10. The minimum absolute atomic E-state index is 0.282. The summed E-state index contributed by atoms with van der Waals surface area (Å²) in [6.07, 6.45) is 4.55. The Morgan fingerprint density at radius 2 is 2.00 bits per heavy atom. The van der Waals surface area contributed by atoms with Gasteiger partial charge in [-0.15, -0.1) is 0 Å². The van der Waals surface area contributed by atoms with Gasteiger partial charge in [-0.05, 0) is 54.4 Å². The van der Waals surface area contributed by atoms with E-state index in [0.717, 1.165) is 37.9 Å². The predicted octanol–water partition coefficient (Wildman–Crippen LogP) is 3.74. The molecule has 1 aliphatic rings. The largest absolute Gasteiger partial charge is 0.497 e. The molecule has 1 N–H and O–H groups in total. The van der Waals surface area contributed by atoms with Crippen LogP contribution in [0.4, 0.5) is 0 Å². The zero-order valence-corrected chi connectivity index (χ0v) is 12.6. The molecule has 0 saturated carbocycles. The number of benzene rings is 1. The van der Waals surface area contributed by atoms with Crippen LogP contribution in [0.5, 0.6) is 5.75 Å². The molecular formula is C17H26O2. The fourth-order valence-corrected chi connectivity index (χ4v) is 2.77. The minimum atomic E-state index is -0.535. The Hall–Kier alpha value is -1.02. The van der Waals surface area contributed by atoms with Crippen LogP contribution in [0.1, 0.15) is 51.2 Å². The van der Waals surface area contributed by atoms with Crippen molar-refractivity contribution in [3.05, 3.63) is 29.3 Å². The van der Waals surface area contributed by atoms with Gasteiger partial charge in [0, 0.05) is 6.42 Å². The van der Waals surface area contributed by atoms with E-state index in [-0.39, 0.29) is 5.41 Å². The van der Waals surface area contributed by atoms with Gasteiger partial charge < -0.3 is 9.84 Å². The van der Waals surface area contributed by atoms with Gasteiger partial charge in [0.2, 0.25) is 0 Å². The number of fused-ring (bicyclic) bond motifs is 1. The van der Waals surface area contributed by atoms with Gasteiger partial charge in [0.25, 0.3) is 0 Å². The summed E-state index contributed by atoms with van der Waals surface area (Å²) in [5.41, 5.74) is 2.36. The van der Waals surface area contributed by atoms with E-state index in [2.05, 4.69) is 32.9 Å². The van der Waals surface area contributed by atoms with Crippen molar-refractivity contribution in [1.29, 1.82) is 0 Å². The van der Waals surface area contributed by atoms with E-state index in [1.807, 2.05) is 6.07 Å². The Balaban J connectivity index is 2.11. The number of ether oxygens (including phenoxy) is 1. The molecule has 0 radical (unpaired) electrons. The molecule has 2 heteroatoms. The van der Waals surface area contributed by atoms with Crippen LogP contribution in [0.3, 0.4) is 0 Å². The molecule has 19 heavy (non-hydrogen) atoms. The van der Waals surface area contributed by atoms with Gasteiger partial charge in [-0.2, -0.15) is 0 Å². The first-order valence-corrected chi connectivity index (χ1v) is 7.20. The Morgan fingerprint density at radius 3 is 2.63 bits per heavy atom. The van der Waals surface area contributed by atoms with E-state index in [4.69, 9.17) is 4.74 Å². The van der Waals surface area contributed by atoms with Crippen LogP contribution in [-0.4, -0.2) is 17.8 Å². The molecule has 1 atom stereocenters. The van der Waals surface area contributed by atoms with Crippen molar-refractivity contribution in [2.24, 2.45) is 5.41 Å². The molecule has 0 aliphatic heterocycles. The number of aryl methyl sites for hydroxylation is 1. The fourth-order valence-electron chi connectivity index (χ4n) is 2.77. The van der Waals surface area contributed by atoms with Gasteiger partial charge in [0.15, 0.2) is 0 Å². The number of rotatable bonds is 3. The van der Waals surface area contributed by atoms with Crippen LogP contribution in [-0.2, 0) is 12.8 Å². The number of methoxy groups -OCH3 is 1.